The fourth-order valence-electron chi connectivity index (χ4n) is 1.86. The molecule has 250 valence electrons. The maximum Gasteiger partial charge on any atom is 0.462 e. The lowest BCUT2D eigenvalue weighted by atomic mass is 10.2. The zero-order chi connectivity index (χ0) is 34.4. The minimum absolute atomic E-state index is 0.286. The molecule has 2 atom stereocenters. The summed E-state index contributed by atoms with van der Waals surface area (Å²) in [5, 5.41) is 0.572. The molecule has 0 aromatic carbocycles. The summed E-state index contributed by atoms with van der Waals surface area (Å²) in [7, 11) is 0. The number of rotatable bonds is 11. The van der Waals surface area contributed by atoms with E-state index in [1.165, 1.54) is 0 Å². The van der Waals surface area contributed by atoms with E-state index in [1.54, 1.807) is 9.47 Å². The van der Waals surface area contributed by atoms with Gasteiger partial charge in [-0.25, -0.2) is 0 Å². The van der Waals surface area contributed by atoms with E-state index in [2.05, 4.69) is 0 Å². The van der Waals surface area contributed by atoms with Gasteiger partial charge in [0.1, 0.15) is 0 Å². The fraction of sp³-hybridized carbons (Fsp3) is 0.857. The van der Waals surface area contributed by atoms with Gasteiger partial charge in [-0.3, -0.25) is 19.1 Å². The van der Waals surface area contributed by atoms with Crippen LogP contribution in [0.3, 0.4) is 0 Å². The van der Waals surface area contributed by atoms with Crippen LogP contribution in [0.25, 0.3) is 0 Å². The highest BCUT2D eigenvalue weighted by atomic mass is 19.4. The second-order valence-corrected chi connectivity index (χ2v) is 7.08. The second-order valence-electron chi connectivity index (χ2n) is 7.08. The fourth-order valence-corrected chi connectivity index (χ4v) is 1.86. The third kappa shape index (κ3) is 7.26. The average molecular weight is 684 g/mol. The van der Waals surface area contributed by atoms with E-state index in [9.17, 15) is 106 Å². The topological polar surface area (TPSA) is 76.7 Å². The van der Waals surface area contributed by atoms with Gasteiger partial charge in [-0.1, -0.05) is 0 Å². The Bertz CT molecular complexity index is 906. The Morgan fingerprint density at radius 3 is 0.786 bits per heavy atom. The maximum atomic E-state index is 13.9. The summed E-state index contributed by atoms with van der Waals surface area (Å²) >= 11 is 0. The molecule has 28 heteroatoms. The number of halogens is 22. The number of amides is 2. The largest absolute Gasteiger partial charge is 0.462 e. The van der Waals surface area contributed by atoms with Gasteiger partial charge >= 0.3 is 60.5 Å². The van der Waals surface area contributed by atoms with E-state index < -0.39 is 85.4 Å². The summed E-state index contributed by atoms with van der Waals surface area (Å²) in [6, 6.07) is 0. The van der Waals surface area contributed by atoms with Crippen molar-refractivity contribution in [1.82, 2.24) is 10.6 Å². The highest BCUT2D eigenvalue weighted by molar-refractivity contribution is 5.85. The molecule has 0 radical (unpaired) electrons. The van der Waals surface area contributed by atoms with Crippen LogP contribution in [0, 0.1) is 0 Å². The highest BCUT2D eigenvalue weighted by Gasteiger charge is 2.81. The van der Waals surface area contributed by atoms with E-state index in [0.717, 1.165) is 0 Å². The van der Waals surface area contributed by atoms with Crippen molar-refractivity contribution in [3.63, 3.8) is 0 Å². The van der Waals surface area contributed by atoms with E-state index >= 15 is 0 Å². The Labute approximate surface area is 213 Å². The molecule has 42 heavy (non-hydrogen) atoms. The van der Waals surface area contributed by atoms with Crippen LogP contribution in [0.5, 0.6) is 0 Å². The monoisotopic (exact) mass is 684 g/mol. The molecule has 0 aliphatic rings. The van der Waals surface area contributed by atoms with Crippen molar-refractivity contribution >= 4 is 11.8 Å². The van der Waals surface area contributed by atoms with Crippen LogP contribution in [-0.2, 0) is 19.1 Å². The molecule has 0 aromatic rings. The lowest BCUT2D eigenvalue weighted by molar-refractivity contribution is -0.473. The Kier molecular flexibility index (Phi) is 10.4. The quantitative estimate of drug-likeness (QED) is 0.229. The minimum Gasteiger partial charge on any atom is -0.349 e. The molecular weight excluding hydrogens is 678 g/mol. The molecule has 0 aliphatic carbocycles. The molecule has 0 aromatic heterocycles. The van der Waals surface area contributed by atoms with Crippen LogP contribution in [0.1, 0.15) is 0 Å². The lowest BCUT2D eigenvalue weighted by Crippen LogP contribution is -2.64. The van der Waals surface area contributed by atoms with Gasteiger partial charge in [-0.2, -0.15) is 96.6 Å². The summed E-state index contributed by atoms with van der Waals surface area (Å²) in [5.74, 6) is -36.7. The maximum absolute atomic E-state index is 13.9. The minimum atomic E-state index is -7.64. The second kappa shape index (κ2) is 11.1. The number of hydrogen-bond acceptors (Lipinski definition) is 4. The zero-order valence-corrected chi connectivity index (χ0v) is 18.4. The molecule has 0 spiro atoms. The smallest absolute Gasteiger partial charge is 0.349 e. The Morgan fingerprint density at radius 2 is 0.619 bits per heavy atom. The predicted octanol–water partition coefficient (Wildman–Crippen LogP) is 5.29. The van der Waals surface area contributed by atoms with Gasteiger partial charge in [-0.05, 0) is 0 Å². The number of nitrogens with one attached hydrogen (secondary N) is 2. The first-order valence-corrected chi connectivity index (χ1v) is 9.09. The molecule has 0 rings (SSSR count). The molecule has 0 saturated heterocycles. The SMILES string of the molecule is O=C(NCCNC(=O)C(F)(OC(F)(F)C(F)(F)C(F)(F)F)C(F)(F)F)C(F)(OC(F)(F)C(F)(F)C(F)(F)F)C(F)(F)F. The van der Waals surface area contributed by atoms with Crippen LogP contribution < -0.4 is 10.6 Å². The van der Waals surface area contributed by atoms with E-state index in [0.29, 0.717) is 0 Å². The van der Waals surface area contributed by atoms with Gasteiger partial charge in [0.15, 0.2) is 0 Å². The molecule has 2 unspecified atom stereocenters. The molecule has 0 heterocycles. The summed E-state index contributed by atoms with van der Waals surface area (Å²) in [4.78, 5) is 22.6. The average Bonchev–Trinajstić information content (AvgIpc) is 2.72. The van der Waals surface area contributed by atoms with Crippen LogP contribution in [-0.4, -0.2) is 85.4 Å². The van der Waals surface area contributed by atoms with Gasteiger partial charge in [-0.15, -0.1) is 0 Å². The van der Waals surface area contributed by atoms with E-state index in [-0.39, 0.29) is 10.6 Å². The normalized spacial score (nSPS) is 17.8. The lowest BCUT2D eigenvalue weighted by Gasteiger charge is -2.34. The number of hydrogen-bond donors (Lipinski definition) is 2. The molecular formula is C14H6F22N2O4. The van der Waals surface area contributed by atoms with Crippen molar-refractivity contribution < 1.29 is 116 Å². The van der Waals surface area contributed by atoms with Crippen LogP contribution in [0.4, 0.5) is 96.6 Å². The molecule has 0 aliphatic heterocycles. The number of ether oxygens (including phenoxy) is 2. The van der Waals surface area contributed by atoms with Crippen molar-refractivity contribution in [3.8, 4) is 0 Å². The van der Waals surface area contributed by atoms with Crippen molar-refractivity contribution in [2.24, 2.45) is 0 Å². The van der Waals surface area contributed by atoms with Crippen LogP contribution in [0.2, 0.25) is 0 Å². The third-order valence-corrected chi connectivity index (χ3v) is 3.99. The van der Waals surface area contributed by atoms with Crippen LogP contribution >= 0.6 is 0 Å². The van der Waals surface area contributed by atoms with Gasteiger partial charge < -0.3 is 10.6 Å². The van der Waals surface area contributed by atoms with E-state index in [4.69, 9.17) is 0 Å². The molecule has 0 saturated carbocycles. The van der Waals surface area contributed by atoms with Gasteiger partial charge in [0.05, 0.1) is 0 Å². The Morgan fingerprint density at radius 1 is 0.405 bits per heavy atom. The number of alkyl halides is 22. The molecule has 0 fully saturated rings. The van der Waals surface area contributed by atoms with Gasteiger partial charge in [0.25, 0.3) is 11.8 Å². The first kappa shape index (κ1) is 39.3. The number of carbonyl (C=O) groups excluding carboxylic acids is 2. The van der Waals surface area contributed by atoms with Crippen molar-refractivity contribution in [2.45, 2.75) is 60.5 Å². The summed E-state index contributed by atoms with van der Waals surface area (Å²) < 4.78 is 283. The number of carbonyl (C=O) groups is 2. The molecule has 2 amide bonds. The Balaban J connectivity index is 5.90. The Hall–Kier alpha value is -2.68. The third-order valence-electron chi connectivity index (χ3n) is 3.99. The van der Waals surface area contributed by atoms with Gasteiger partial charge in [0, 0.05) is 13.1 Å². The first-order valence-electron chi connectivity index (χ1n) is 9.09. The molecule has 6 nitrogen and oxygen atoms in total. The standard InChI is InChI=1S/C14H6F22N2O4/c15-5(9(21,22)23,41-13(33,34)7(17,18)11(27,28)29)3(39)37-1-2-38-4(40)6(16,10(24,25)26)42-14(35,36)8(19,20)12(30,31)32/h1-2H2,(H,37,39)(H,38,40). The molecule has 0 bridgehead atoms. The van der Waals surface area contributed by atoms with Crippen molar-refractivity contribution in [3.05, 3.63) is 0 Å². The van der Waals surface area contributed by atoms with Crippen molar-refractivity contribution in [1.29, 1.82) is 0 Å². The summed E-state index contributed by atoms with van der Waals surface area (Å²) in [6.45, 7) is -4.33. The van der Waals surface area contributed by atoms with Gasteiger partial charge in [0.2, 0.25) is 0 Å². The zero-order valence-electron chi connectivity index (χ0n) is 18.4. The van der Waals surface area contributed by atoms with E-state index in [1.807, 2.05) is 0 Å². The summed E-state index contributed by atoms with van der Waals surface area (Å²) in [6.07, 6.45) is -44.5. The van der Waals surface area contributed by atoms with Crippen molar-refractivity contribution in [2.75, 3.05) is 13.1 Å². The first-order chi connectivity index (χ1) is 18.0. The highest BCUT2D eigenvalue weighted by Crippen LogP contribution is 2.52. The summed E-state index contributed by atoms with van der Waals surface area (Å²) in [5.41, 5.74) is 0. The molecule has 2 N–H and O–H groups in total. The van der Waals surface area contributed by atoms with Crippen LogP contribution in [0.15, 0.2) is 0 Å². The predicted molar refractivity (Wildman–Crippen MR) is 79.9 cm³/mol.